The predicted octanol–water partition coefficient (Wildman–Crippen LogP) is -0.576. The summed E-state index contributed by atoms with van der Waals surface area (Å²) in [6, 6.07) is 3.35. The number of carbonyl (C=O) groups excluding carboxylic acids is 2. The fourth-order valence-electron chi connectivity index (χ4n) is 2.39. The monoisotopic (exact) mass is 291 g/mol. The van der Waals surface area contributed by atoms with Crippen LogP contribution in [0.25, 0.3) is 0 Å². The number of carbonyl (C=O) groups is 2. The van der Waals surface area contributed by atoms with Gasteiger partial charge in [0.2, 0.25) is 5.91 Å². The first-order valence-electron chi connectivity index (χ1n) is 7.03. The fraction of sp³-hybridized carbons (Fsp3) is 0.500. The number of piperazine rings is 1. The van der Waals surface area contributed by atoms with E-state index >= 15 is 0 Å². The number of rotatable bonds is 4. The van der Waals surface area contributed by atoms with E-state index in [1.54, 1.807) is 23.2 Å². The Kier molecular flexibility index (Phi) is 4.74. The first kappa shape index (κ1) is 15.2. The molecule has 0 aliphatic carbocycles. The normalized spacial score (nSPS) is 16.7. The molecule has 1 aromatic heterocycles. The van der Waals surface area contributed by atoms with Crippen LogP contribution in [0.15, 0.2) is 18.3 Å². The second-order valence-corrected chi connectivity index (χ2v) is 5.19. The highest BCUT2D eigenvalue weighted by Crippen LogP contribution is 2.19. The molecule has 1 aliphatic heterocycles. The van der Waals surface area contributed by atoms with Crippen LogP contribution in [0.1, 0.15) is 17.3 Å². The lowest BCUT2D eigenvalue weighted by Crippen LogP contribution is -2.51. The quantitative estimate of drug-likeness (QED) is 0.772. The number of aromatic nitrogens is 1. The number of hydrogen-bond donors (Lipinski definition) is 2. The molecule has 0 bridgehead atoms. The standard InChI is InChI=1S/C14H21N5O2/c1-10(9-15)14(21)19-7-5-18(6-8-19)13-11(12(16)20)3-2-4-17-13/h2-4,10H,5-9,15H2,1H3,(H2,16,20). The van der Waals surface area contributed by atoms with Crippen molar-refractivity contribution in [2.75, 3.05) is 37.6 Å². The molecule has 4 N–H and O–H groups in total. The van der Waals surface area contributed by atoms with Gasteiger partial charge < -0.3 is 21.3 Å². The number of nitrogens with zero attached hydrogens (tertiary/aromatic N) is 3. The van der Waals surface area contributed by atoms with Crippen LogP contribution in [0.2, 0.25) is 0 Å². The van der Waals surface area contributed by atoms with Crippen molar-refractivity contribution in [3.8, 4) is 0 Å². The van der Waals surface area contributed by atoms with E-state index in [0.717, 1.165) is 0 Å². The predicted molar refractivity (Wildman–Crippen MR) is 79.8 cm³/mol. The Morgan fingerprint density at radius 3 is 2.57 bits per heavy atom. The Morgan fingerprint density at radius 2 is 2.00 bits per heavy atom. The Labute approximate surface area is 123 Å². The third-order valence-electron chi connectivity index (χ3n) is 3.72. The average molecular weight is 291 g/mol. The maximum Gasteiger partial charge on any atom is 0.252 e. The highest BCUT2D eigenvalue weighted by molar-refractivity contribution is 5.97. The first-order valence-corrected chi connectivity index (χ1v) is 7.03. The van der Waals surface area contributed by atoms with Crippen LogP contribution in [-0.2, 0) is 4.79 Å². The van der Waals surface area contributed by atoms with Crippen LogP contribution in [-0.4, -0.2) is 54.4 Å². The summed E-state index contributed by atoms with van der Waals surface area (Å²) in [6.45, 7) is 4.63. The molecule has 2 heterocycles. The summed E-state index contributed by atoms with van der Waals surface area (Å²) in [7, 11) is 0. The molecule has 2 amide bonds. The molecule has 2 rings (SSSR count). The van der Waals surface area contributed by atoms with Crippen molar-refractivity contribution in [2.45, 2.75) is 6.92 Å². The zero-order chi connectivity index (χ0) is 15.4. The molecule has 1 saturated heterocycles. The van der Waals surface area contributed by atoms with E-state index in [2.05, 4.69) is 4.98 Å². The third-order valence-corrected chi connectivity index (χ3v) is 3.72. The van der Waals surface area contributed by atoms with Crippen molar-refractivity contribution in [3.05, 3.63) is 23.9 Å². The largest absolute Gasteiger partial charge is 0.365 e. The lowest BCUT2D eigenvalue weighted by atomic mass is 10.1. The lowest BCUT2D eigenvalue weighted by Gasteiger charge is -2.36. The molecule has 1 fully saturated rings. The van der Waals surface area contributed by atoms with Crippen LogP contribution >= 0.6 is 0 Å². The van der Waals surface area contributed by atoms with E-state index < -0.39 is 5.91 Å². The summed E-state index contributed by atoms with van der Waals surface area (Å²) in [5.74, 6) is 0.0122. The summed E-state index contributed by atoms with van der Waals surface area (Å²) in [4.78, 5) is 31.6. The average Bonchev–Trinajstić information content (AvgIpc) is 2.53. The van der Waals surface area contributed by atoms with Gasteiger partial charge in [0.05, 0.1) is 5.56 Å². The van der Waals surface area contributed by atoms with Crippen molar-refractivity contribution < 1.29 is 9.59 Å². The molecular formula is C14H21N5O2. The van der Waals surface area contributed by atoms with Gasteiger partial charge in [0.15, 0.2) is 0 Å². The SMILES string of the molecule is CC(CN)C(=O)N1CCN(c2ncccc2C(N)=O)CC1. The summed E-state index contributed by atoms with van der Waals surface area (Å²) >= 11 is 0. The molecule has 1 aliphatic rings. The number of hydrogen-bond acceptors (Lipinski definition) is 5. The van der Waals surface area contributed by atoms with Gasteiger partial charge in [-0.05, 0) is 12.1 Å². The van der Waals surface area contributed by atoms with E-state index in [4.69, 9.17) is 11.5 Å². The van der Waals surface area contributed by atoms with Crippen LogP contribution in [0.5, 0.6) is 0 Å². The molecule has 0 radical (unpaired) electrons. The number of amides is 2. The summed E-state index contributed by atoms with van der Waals surface area (Å²) in [5.41, 5.74) is 11.3. The van der Waals surface area contributed by atoms with E-state index in [-0.39, 0.29) is 11.8 Å². The smallest absolute Gasteiger partial charge is 0.252 e. The van der Waals surface area contributed by atoms with E-state index in [1.807, 2.05) is 11.8 Å². The summed E-state index contributed by atoms with van der Waals surface area (Å²) in [6.07, 6.45) is 1.63. The number of anilines is 1. The van der Waals surface area contributed by atoms with Gasteiger partial charge in [0, 0.05) is 44.8 Å². The van der Waals surface area contributed by atoms with Crippen LogP contribution in [0.4, 0.5) is 5.82 Å². The molecule has 0 spiro atoms. The van der Waals surface area contributed by atoms with E-state index in [0.29, 0.717) is 44.1 Å². The molecule has 1 aromatic rings. The van der Waals surface area contributed by atoms with E-state index in [1.165, 1.54) is 0 Å². The zero-order valence-corrected chi connectivity index (χ0v) is 12.2. The lowest BCUT2D eigenvalue weighted by molar-refractivity contribution is -0.134. The Hall–Kier alpha value is -2.15. The van der Waals surface area contributed by atoms with Crippen LogP contribution in [0, 0.1) is 5.92 Å². The Bertz CT molecular complexity index is 526. The summed E-state index contributed by atoms with van der Waals surface area (Å²) < 4.78 is 0. The molecule has 1 atom stereocenters. The fourth-order valence-corrected chi connectivity index (χ4v) is 2.39. The van der Waals surface area contributed by atoms with Gasteiger partial charge in [0.25, 0.3) is 5.91 Å². The third kappa shape index (κ3) is 3.30. The van der Waals surface area contributed by atoms with Crippen molar-refractivity contribution >= 4 is 17.6 Å². The molecule has 7 nitrogen and oxygen atoms in total. The topological polar surface area (TPSA) is 106 Å². The molecule has 1 unspecified atom stereocenters. The second-order valence-electron chi connectivity index (χ2n) is 5.19. The number of primary amides is 1. The number of pyridine rings is 1. The van der Waals surface area contributed by atoms with Crippen molar-refractivity contribution in [3.63, 3.8) is 0 Å². The van der Waals surface area contributed by atoms with Gasteiger partial charge in [-0.2, -0.15) is 0 Å². The minimum atomic E-state index is -0.492. The highest BCUT2D eigenvalue weighted by Gasteiger charge is 2.26. The van der Waals surface area contributed by atoms with Crippen molar-refractivity contribution in [1.82, 2.24) is 9.88 Å². The molecule has 0 aromatic carbocycles. The van der Waals surface area contributed by atoms with Gasteiger partial charge >= 0.3 is 0 Å². The first-order chi connectivity index (χ1) is 10.0. The van der Waals surface area contributed by atoms with E-state index in [9.17, 15) is 9.59 Å². The van der Waals surface area contributed by atoms with Gasteiger partial charge in [0.1, 0.15) is 5.82 Å². The minimum absolute atomic E-state index is 0.0771. The Balaban J connectivity index is 2.05. The Morgan fingerprint density at radius 1 is 1.33 bits per heavy atom. The molecule has 114 valence electrons. The van der Waals surface area contributed by atoms with Crippen LogP contribution in [0.3, 0.4) is 0 Å². The zero-order valence-electron chi connectivity index (χ0n) is 12.2. The molecular weight excluding hydrogens is 270 g/mol. The highest BCUT2D eigenvalue weighted by atomic mass is 16.2. The van der Waals surface area contributed by atoms with Gasteiger partial charge in [-0.1, -0.05) is 6.92 Å². The van der Waals surface area contributed by atoms with Crippen LogP contribution < -0.4 is 16.4 Å². The molecule has 7 heteroatoms. The van der Waals surface area contributed by atoms with Gasteiger partial charge in [-0.25, -0.2) is 4.98 Å². The maximum absolute atomic E-state index is 12.1. The summed E-state index contributed by atoms with van der Waals surface area (Å²) in [5, 5.41) is 0. The second kappa shape index (κ2) is 6.53. The molecule has 21 heavy (non-hydrogen) atoms. The maximum atomic E-state index is 12.1. The van der Waals surface area contributed by atoms with Gasteiger partial charge in [-0.3, -0.25) is 9.59 Å². The minimum Gasteiger partial charge on any atom is -0.365 e. The van der Waals surface area contributed by atoms with Crippen molar-refractivity contribution in [2.24, 2.45) is 17.4 Å². The van der Waals surface area contributed by atoms with Gasteiger partial charge in [-0.15, -0.1) is 0 Å². The molecule has 0 saturated carbocycles. The van der Waals surface area contributed by atoms with Crippen molar-refractivity contribution in [1.29, 1.82) is 0 Å². The number of nitrogens with two attached hydrogens (primary N) is 2.